The molecule has 0 aliphatic heterocycles. The molecule has 0 rings (SSSR count). The Morgan fingerprint density at radius 2 is 0.909 bits per heavy atom. The first-order valence-electron chi connectivity index (χ1n) is 10.0. The zero-order valence-electron chi connectivity index (χ0n) is 15.9. The summed E-state index contributed by atoms with van der Waals surface area (Å²) in [4.78, 5) is 0. The van der Waals surface area contributed by atoms with E-state index in [-0.39, 0.29) is 0 Å². The number of hydrogen-bond acceptors (Lipinski definition) is 2. The molecule has 0 fully saturated rings. The summed E-state index contributed by atoms with van der Waals surface area (Å²) >= 11 is 0. The van der Waals surface area contributed by atoms with Gasteiger partial charge in [-0.25, -0.2) is 0 Å². The predicted molar refractivity (Wildman–Crippen MR) is 97.6 cm³/mol. The van der Waals surface area contributed by atoms with E-state index in [1.807, 2.05) is 0 Å². The lowest BCUT2D eigenvalue weighted by Crippen LogP contribution is -2.15. The summed E-state index contributed by atoms with van der Waals surface area (Å²) < 4.78 is 11.8. The first kappa shape index (κ1) is 21.9. The maximum absolute atomic E-state index is 5.91. The van der Waals surface area contributed by atoms with Gasteiger partial charge < -0.3 is 9.47 Å². The molecule has 0 amide bonds. The van der Waals surface area contributed by atoms with Crippen molar-refractivity contribution in [3.8, 4) is 0 Å². The van der Waals surface area contributed by atoms with Crippen LogP contribution in [-0.4, -0.2) is 25.4 Å². The average Bonchev–Trinajstić information content (AvgIpc) is 2.52. The highest BCUT2D eigenvalue weighted by molar-refractivity contribution is 4.63. The van der Waals surface area contributed by atoms with Crippen LogP contribution >= 0.6 is 0 Å². The number of rotatable bonds is 17. The molecular weight excluding hydrogens is 272 g/mol. The minimum Gasteiger partial charge on any atom is -0.379 e. The summed E-state index contributed by atoms with van der Waals surface area (Å²) in [5.74, 6) is 0. The quantitative estimate of drug-likeness (QED) is 0.285. The number of hydrogen-bond donors (Lipinski definition) is 0. The van der Waals surface area contributed by atoms with Gasteiger partial charge >= 0.3 is 0 Å². The van der Waals surface area contributed by atoms with Crippen LogP contribution in [0.15, 0.2) is 0 Å². The molecule has 0 aromatic carbocycles. The van der Waals surface area contributed by atoms with Crippen molar-refractivity contribution in [2.75, 3.05) is 13.2 Å². The van der Waals surface area contributed by atoms with Crippen molar-refractivity contribution in [2.45, 2.75) is 117 Å². The molecule has 2 unspecified atom stereocenters. The third-order valence-corrected chi connectivity index (χ3v) is 4.37. The molecule has 0 radical (unpaired) electrons. The Morgan fingerprint density at radius 1 is 0.500 bits per heavy atom. The van der Waals surface area contributed by atoms with Gasteiger partial charge in [-0.05, 0) is 39.5 Å². The lowest BCUT2D eigenvalue weighted by molar-refractivity contribution is 0.0372. The Kier molecular flexibility index (Phi) is 17.2. The molecule has 22 heavy (non-hydrogen) atoms. The molecule has 2 atom stereocenters. The largest absolute Gasteiger partial charge is 0.379 e. The summed E-state index contributed by atoms with van der Waals surface area (Å²) in [5.41, 5.74) is 0. The van der Waals surface area contributed by atoms with Crippen LogP contribution in [0.25, 0.3) is 0 Å². The van der Waals surface area contributed by atoms with E-state index >= 15 is 0 Å². The minimum absolute atomic E-state index is 0.486. The maximum atomic E-state index is 5.91. The van der Waals surface area contributed by atoms with Gasteiger partial charge in [-0.15, -0.1) is 0 Å². The summed E-state index contributed by atoms with van der Waals surface area (Å²) in [5, 5.41) is 0. The van der Waals surface area contributed by atoms with E-state index in [0.29, 0.717) is 12.2 Å². The van der Waals surface area contributed by atoms with Gasteiger partial charge in [-0.3, -0.25) is 0 Å². The Morgan fingerprint density at radius 3 is 1.32 bits per heavy atom. The highest BCUT2D eigenvalue weighted by Crippen LogP contribution is 2.17. The smallest absolute Gasteiger partial charge is 0.0575 e. The van der Waals surface area contributed by atoms with E-state index in [9.17, 15) is 0 Å². The SMILES string of the molecule is CCCCCCC(CCCCC(CCCC)OCC)OCC. The third kappa shape index (κ3) is 13.6. The fraction of sp³-hybridized carbons (Fsp3) is 1.00. The van der Waals surface area contributed by atoms with Crippen LogP contribution in [0.2, 0.25) is 0 Å². The van der Waals surface area contributed by atoms with Crippen LogP contribution < -0.4 is 0 Å². The van der Waals surface area contributed by atoms with Gasteiger partial charge in [0, 0.05) is 13.2 Å². The zero-order valence-corrected chi connectivity index (χ0v) is 15.9. The molecular formula is C20H42O2. The fourth-order valence-corrected chi connectivity index (χ4v) is 3.07. The summed E-state index contributed by atoms with van der Waals surface area (Å²) in [6, 6.07) is 0. The first-order chi connectivity index (χ1) is 10.8. The van der Waals surface area contributed by atoms with E-state index in [1.165, 1.54) is 77.0 Å². The van der Waals surface area contributed by atoms with Gasteiger partial charge in [-0.1, -0.05) is 65.2 Å². The molecule has 0 aromatic heterocycles. The molecule has 2 nitrogen and oxygen atoms in total. The van der Waals surface area contributed by atoms with Gasteiger partial charge in [0.25, 0.3) is 0 Å². The number of unbranched alkanes of at least 4 members (excludes halogenated alkanes) is 5. The van der Waals surface area contributed by atoms with Gasteiger partial charge in [0.05, 0.1) is 12.2 Å². The predicted octanol–water partition coefficient (Wildman–Crippen LogP) is 6.52. The second kappa shape index (κ2) is 17.3. The van der Waals surface area contributed by atoms with Gasteiger partial charge in [0.2, 0.25) is 0 Å². The molecule has 0 aromatic rings. The van der Waals surface area contributed by atoms with Crippen molar-refractivity contribution >= 4 is 0 Å². The normalized spacial score (nSPS) is 14.2. The zero-order chi connectivity index (χ0) is 16.5. The van der Waals surface area contributed by atoms with Crippen molar-refractivity contribution in [1.29, 1.82) is 0 Å². The molecule has 0 aliphatic rings. The van der Waals surface area contributed by atoms with Crippen LogP contribution in [0.3, 0.4) is 0 Å². The van der Waals surface area contributed by atoms with Crippen LogP contribution in [0.4, 0.5) is 0 Å². The molecule has 2 heteroatoms. The maximum Gasteiger partial charge on any atom is 0.0575 e. The van der Waals surface area contributed by atoms with Crippen molar-refractivity contribution in [3.63, 3.8) is 0 Å². The molecule has 0 saturated carbocycles. The van der Waals surface area contributed by atoms with E-state index in [1.54, 1.807) is 0 Å². The lowest BCUT2D eigenvalue weighted by Gasteiger charge is -2.19. The van der Waals surface area contributed by atoms with Crippen molar-refractivity contribution in [2.24, 2.45) is 0 Å². The molecule has 0 bridgehead atoms. The molecule has 134 valence electrons. The summed E-state index contributed by atoms with van der Waals surface area (Å²) in [7, 11) is 0. The lowest BCUT2D eigenvalue weighted by atomic mass is 10.0. The molecule has 0 heterocycles. The van der Waals surface area contributed by atoms with Crippen LogP contribution in [0, 0.1) is 0 Å². The second-order valence-electron chi connectivity index (χ2n) is 6.43. The minimum atomic E-state index is 0.486. The van der Waals surface area contributed by atoms with Crippen molar-refractivity contribution in [3.05, 3.63) is 0 Å². The molecule has 0 saturated heterocycles. The van der Waals surface area contributed by atoms with E-state index < -0.39 is 0 Å². The topological polar surface area (TPSA) is 18.5 Å². The van der Waals surface area contributed by atoms with Crippen LogP contribution in [0.1, 0.15) is 105 Å². The van der Waals surface area contributed by atoms with Gasteiger partial charge in [-0.2, -0.15) is 0 Å². The highest BCUT2D eigenvalue weighted by Gasteiger charge is 2.11. The molecule has 0 N–H and O–H groups in total. The Balaban J connectivity index is 3.79. The van der Waals surface area contributed by atoms with Gasteiger partial charge in [0.15, 0.2) is 0 Å². The third-order valence-electron chi connectivity index (χ3n) is 4.37. The van der Waals surface area contributed by atoms with Crippen molar-refractivity contribution in [1.82, 2.24) is 0 Å². The van der Waals surface area contributed by atoms with E-state index in [2.05, 4.69) is 27.7 Å². The summed E-state index contributed by atoms with van der Waals surface area (Å²) in [6.07, 6.45) is 16.4. The van der Waals surface area contributed by atoms with Crippen LogP contribution in [0.5, 0.6) is 0 Å². The van der Waals surface area contributed by atoms with Crippen LogP contribution in [-0.2, 0) is 9.47 Å². The Bertz CT molecular complexity index is 206. The highest BCUT2D eigenvalue weighted by atomic mass is 16.5. The van der Waals surface area contributed by atoms with E-state index in [0.717, 1.165) is 13.2 Å². The molecule has 0 aliphatic carbocycles. The van der Waals surface area contributed by atoms with Crippen molar-refractivity contribution < 1.29 is 9.47 Å². The fourth-order valence-electron chi connectivity index (χ4n) is 3.07. The molecule has 0 spiro atoms. The first-order valence-corrected chi connectivity index (χ1v) is 10.0. The average molecular weight is 315 g/mol. The monoisotopic (exact) mass is 314 g/mol. The Hall–Kier alpha value is -0.0800. The van der Waals surface area contributed by atoms with Gasteiger partial charge in [0.1, 0.15) is 0 Å². The second-order valence-corrected chi connectivity index (χ2v) is 6.43. The number of ether oxygens (including phenoxy) is 2. The van der Waals surface area contributed by atoms with E-state index in [4.69, 9.17) is 9.47 Å². The summed E-state index contributed by atoms with van der Waals surface area (Å²) in [6.45, 7) is 10.5. The Labute approximate surface area is 140 Å². The standard InChI is InChI=1S/C20H42O2/c1-5-9-11-12-16-20(22-8-4)18-14-13-17-19(21-7-3)15-10-6-2/h19-20H,5-18H2,1-4H3.